The Morgan fingerprint density at radius 2 is 1.90 bits per heavy atom. The molecule has 21 heavy (non-hydrogen) atoms. The van der Waals surface area contributed by atoms with Crippen LogP contribution in [-0.4, -0.2) is 5.78 Å². The molecular formula is C17H12BrFO2. The Morgan fingerprint density at radius 3 is 2.62 bits per heavy atom. The van der Waals surface area contributed by atoms with Crippen LogP contribution in [0.1, 0.15) is 27.2 Å². The Balaban J connectivity index is 2.15. The lowest BCUT2D eigenvalue weighted by Gasteiger charge is -2.02. The number of fused-ring (bicyclic) bond motifs is 1. The third-order valence-electron chi connectivity index (χ3n) is 3.48. The topological polar surface area (TPSA) is 30.2 Å². The highest BCUT2D eigenvalue weighted by molar-refractivity contribution is 9.10. The fourth-order valence-electron chi connectivity index (χ4n) is 2.35. The normalized spacial score (nSPS) is 11.0. The van der Waals surface area contributed by atoms with Gasteiger partial charge in [-0.25, -0.2) is 4.39 Å². The summed E-state index contributed by atoms with van der Waals surface area (Å²) in [7, 11) is 0. The van der Waals surface area contributed by atoms with Crippen LogP contribution < -0.4 is 0 Å². The zero-order valence-electron chi connectivity index (χ0n) is 11.5. The summed E-state index contributed by atoms with van der Waals surface area (Å²) in [5, 5.41) is 0.919. The van der Waals surface area contributed by atoms with Crippen LogP contribution in [0.4, 0.5) is 4.39 Å². The molecule has 0 fully saturated rings. The van der Waals surface area contributed by atoms with Crippen LogP contribution in [0.15, 0.2) is 45.3 Å². The predicted octanol–water partition coefficient (Wildman–Crippen LogP) is 5.18. The van der Waals surface area contributed by atoms with Crippen LogP contribution in [0.25, 0.3) is 11.0 Å². The van der Waals surface area contributed by atoms with E-state index in [1.54, 1.807) is 0 Å². The maximum Gasteiger partial charge on any atom is 0.229 e. The van der Waals surface area contributed by atoms with Crippen LogP contribution >= 0.6 is 15.9 Å². The second kappa shape index (κ2) is 5.11. The number of furan rings is 1. The van der Waals surface area contributed by atoms with Crippen molar-refractivity contribution in [2.75, 3.05) is 0 Å². The van der Waals surface area contributed by atoms with E-state index < -0.39 is 5.82 Å². The molecular weight excluding hydrogens is 335 g/mol. The number of aryl methyl sites for hydroxylation is 2. The lowest BCUT2D eigenvalue weighted by Crippen LogP contribution is -2.02. The van der Waals surface area contributed by atoms with Crippen molar-refractivity contribution in [2.24, 2.45) is 0 Å². The highest BCUT2D eigenvalue weighted by atomic mass is 79.9. The number of hydrogen-bond donors (Lipinski definition) is 0. The van der Waals surface area contributed by atoms with Gasteiger partial charge in [-0.2, -0.15) is 0 Å². The van der Waals surface area contributed by atoms with Gasteiger partial charge in [-0.1, -0.05) is 12.1 Å². The Morgan fingerprint density at radius 1 is 1.14 bits per heavy atom. The first-order valence-electron chi connectivity index (χ1n) is 6.47. The van der Waals surface area contributed by atoms with Crippen molar-refractivity contribution in [1.82, 2.24) is 0 Å². The van der Waals surface area contributed by atoms with E-state index in [0.717, 1.165) is 16.5 Å². The molecule has 0 N–H and O–H groups in total. The van der Waals surface area contributed by atoms with Crippen molar-refractivity contribution < 1.29 is 13.6 Å². The summed E-state index contributed by atoms with van der Waals surface area (Å²) in [6.45, 7) is 3.82. The van der Waals surface area contributed by atoms with Crippen LogP contribution in [0.3, 0.4) is 0 Å². The molecule has 0 aliphatic heterocycles. The monoisotopic (exact) mass is 346 g/mol. The van der Waals surface area contributed by atoms with Gasteiger partial charge in [0.2, 0.25) is 5.78 Å². The van der Waals surface area contributed by atoms with Crippen molar-refractivity contribution in [3.8, 4) is 0 Å². The average molecular weight is 347 g/mol. The number of hydrogen-bond acceptors (Lipinski definition) is 2. The molecule has 2 nitrogen and oxygen atoms in total. The molecule has 0 aliphatic carbocycles. The van der Waals surface area contributed by atoms with Gasteiger partial charge in [0.1, 0.15) is 11.4 Å². The van der Waals surface area contributed by atoms with E-state index >= 15 is 0 Å². The van der Waals surface area contributed by atoms with Gasteiger partial charge in [0.15, 0.2) is 5.76 Å². The fourth-order valence-corrected chi connectivity index (χ4v) is 2.88. The number of ketones is 1. The highest BCUT2D eigenvalue weighted by Crippen LogP contribution is 2.29. The zero-order chi connectivity index (χ0) is 15.1. The van der Waals surface area contributed by atoms with E-state index in [0.29, 0.717) is 21.4 Å². The minimum atomic E-state index is -0.393. The van der Waals surface area contributed by atoms with Gasteiger partial charge in [-0.15, -0.1) is 0 Å². The van der Waals surface area contributed by atoms with Crippen molar-refractivity contribution in [1.29, 1.82) is 0 Å². The molecule has 106 valence electrons. The molecule has 0 aliphatic rings. The molecule has 0 unspecified atom stereocenters. The summed E-state index contributed by atoms with van der Waals surface area (Å²) in [6.07, 6.45) is 0. The number of rotatable bonds is 2. The van der Waals surface area contributed by atoms with Gasteiger partial charge in [0.05, 0.1) is 0 Å². The van der Waals surface area contributed by atoms with E-state index in [-0.39, 0.29) is 5.78 Å². The van der Waals surface area contributed by atoms with Crippen molar-refractivity contribution in [3.63, 3.8) is 0 Å². The molecule has 0 spiro atoms. The van der Waals surface area contributed by atoms with Crippen LogP contribution in [0, 0.1) is 19.7 Å². The first kappa shape index (κ1) is 14.0. The minimum Gasteiger partial charge on any atom is -0.452 e. The lowest BCUT2D eigenvalue weighted by molar-refractivity contribution is 0.101. The largest absolute Gasteiger partial charge is 0.452 e. The maximum atomic E-state index is 13.1. The Hall–Kier alpha value is -1.94. The third kappa shape index (κ3) is 2.40. The van der Waals surface area contributed by atoms with Gasteiger partial charge in [0.25, 0.3) is 0 Å². The van der Waals surface area contributed by atoms with E-state index in [9.17, 15) is 9.18 Å². The molecule has 2 aromatic carbocycles. The Kier molecular flexibility index (Phi) is 3.41. The molecule has 1 aromatic heterocycles. The molecule has 3 rings (SSSR count). The molecule has 0 saturated carbocycles. The standard InChI is InChI=1S/C17H12BrFO2/c1-9-3-5-12-10(2)17(21-15(12)7-9)16(20)13-6-4-11(19)8-14(13)18/h3-8H,1-2H3. The summed E-state index contributed by atoms with van der Waals surface area (Å²) in [5.74, 6) is -0.355. The molecule has 4 heteroatoms. The summed E-state index contributed by atoms with van der Waals surface area (Å²) < 4.78 is 19.3. The van der Waals surface area contributed by atoms with E-state index in [4.69, 9.17) is 4.42 Å². The first-order chi connectivity index (χ1) is 9.97. The first-order valence-corrected chi connectivity index (χ1v) is 7.26. The molecule has 0 radical (unpaired) electrons. The summed E-state index contributed by atoms with van der Waals surface area (Å²) in [4.78, 5) is 12.6. The molecule has 0 bridgehead atoms. The second-order valence-electron chi connectivity index (χ2n) is 5.01. The number of benzene rings is 2. The van der Waals surface area contributed by atoms with Crippen LogP contribution in [0.5, 0.6) is 0 Å². The Labute approximate surface area is 129 Å². The molecule has 1 heterocycles. The summed E-state index contributed by atoms with van der Waals surface area (Å²) >= 11 is 3.22. The van der Waals surface area contributed by atoms with Crippen molar-refractivity contribution in [2.45, 2.75) is 13.8 Å². The van der Waals surface area contributed by atoms with Gasteiger partial charge >= 0.3 is 0 Å². The predicted molar refractivity (Wildman–Crippen MR) is 83.2 cm³/mol. The zero-order valence-corrected chi connectivity index (χ0v) is 13.1. The number of carbonyl (C=O) groups excluding carboxylic acids is 1. The second-order valence-corrected chi connectivity index (χ2v) is 5.86. The van der Waals surface area contributed by atoms with E-state index in [1.807, 2.05) is 32.0 Å². The van der Waals surface area contributed by atoms with Crippen LogP contribution in [-0.2, 0) is 0 Å². The number of halogens is 2. The van der Waals surface area contributed by atoms with Gasteiger partial charge in [-0.05, 0) is 59.6 Å². The Bertz CT molecular complexity index is 865. The SMILES string of the molecule is Cc1ccc2c(C)c(C(=O)c3ccc(F)cc3Br)oc2c1. The average Bonchev–Trinajstić information content (AvgIpc) is 2.75. The van der Waals surface area contributed by atoms with Gasteiger partial charge in [0, 0.05) is 21.0 Å². The van der Waals surface area contributed by atoms with Crippen LogP contribution in [0.2, 0.25) is 0 Å². The van der Waals surface area contributed by atoms with E-state index in [1.165, 1.54) is 18.2 Å². The fraction of sp³-hybridized carbons (Fsp3) is 0.118. The number of carbonyl (C=O) groups is 1. The minimum absolute atomic E-state index is 0.256. The van der Waals surface area contributed by atoms with Crippen molar-refractivity contribution in [3.05, 3.63) is 69.1 Å². The summed E-state index contributed by atoms with van der Waals surface area (Å²) in [5.41, 5.74) is 2.94. The molecule has 3 aromatic rings. The third-order valence-corrected chi connectivity index (χ3v) is 4.13. The van der Waals surface area contributed by atoms with Gasteiger partial charge in [-0.3, -0.25) is 4.79 Å². The van der Waals surface area contributed by atoms with Crippen molar-refractivity contribution >= 4 is 32.7 Å². The maximum absolute atomic E-state index is 13.1. The smallest absolute Gasteiger partial charge is 0.229 e. The molecule has 0 amide bonds. The van der Waals surface area contributed by atoms with Gasteiger partial charge < -0.3 is 4.42 Å². The quantitative estimate of drug-likeness (QED) is 0.598. The lowest BCUT2D eigenvalue weighted by atomic mass is 10.0. The molecule has 0 atom stereocenters. The molecule has 0 saturated heterocycles. The highest BCUT2D eigenvalue weighted by Gasteiger charge is 2.21. The summed E-state index contributed by atoms with van der Waals surface area (Å²) in [6, 6.07) is 9.82. The van der Waals surface area contributed by atoms with E-state index in [2.05, 4.69) is 15.9 Å².